The summed E-state index contributed by atoms with van der Waals surface area (Å²) in [6.45, 7) is 5.38. The Hall–Kier alpha value is -1.30. The van der Waals surface area contributed by atoms with Crippen molar-refractivity contribution in [2.45, 2.75) is 26.4 Å². The molecule has 1 atom stereocenters. The number of ether oxygens (including phenoxy) is 1. The van der Waals surface area contributed by atoms with Gasteiger partial charge in [0, 0.05) is 19.6 Å². The molecular weight excluding hydrogens is 198 g/mol. The molecule has 0 bridgehead atoms. The van der Waals surface area contributed by atoms with Crippen LogP contribution in [0.2, 0.25) is 0 Å². The maximum Gasteiger partial charge on any atom is 0.251 e. The van der Waals surface area contributed by atoms with Crippen LogP contribution in [-0.4, -0.2) is 36.2 Å². The van der Waals surface area contributed by atoms with Crippen LogP contribution in [0.15, 0.2) is 5.16 Å². The van der Waals surface area contributed by atoms with Crippen molar-refractivity contribution in [3.8, 4) is 0 Å². The number of carbonyl (C=O) groups excluding carboxylic acids is 1. The quantitative estimate of drug-likeness (QED) is 0.259. The summed E-state index contributed by atoms with van der Waals surface area (Å²) < 4.78 is 5.00. The van der Waals surface area contributed by atoms with Gasteiger partial charge in [-0.2, -0.15) is 0 Å². The number of oxime groups is 1. The van der Waals surface area contributed by atoms with Crippen molar-refractivity contribution in [2.24, 2.45) is 16.8 Å². The Kier molecular flexibility index (Phi) is 5.07. The lowest BCUT2D eigenvalue weighted by Crippen LogP contribution is -2.46. The van der Waals surface area contributed by atoms with Gasteiger partial charge in [0.25, 0.3) is 5.91 Å². The molecule has 0 aliphatic heterocycles. The Morgan fingerprint density at radius 1 is 1.67 bits per heavy atom. The van der Waals surface area contributed by atoms with Gasteiger partial charge in [0.05, 0.1) is 0 Å². The van der Waals surface area contributed by atoms with Gasteiger partial charge in [0.15, 0.2) is 0 Å². The summed E-state index contributed by atoms with van der Waals surface area (Å²) in [7, 11) is 1.46. The van der Waals surface area contributed by atoms with Crippen molar-refractivity contribution in [1.29, 1.82) is 0 Å². The first kappa shape index (κ1) is 13.7. The molecule has 0 heterocycles. The highest BCUT2D eigenvalue weighted by atomic mass is 16.5. The molecule has 0 spiro atoms. The molecule has 6 nitrogen and oxygen atoms in total. The number of methoxy groups -OCH3 is 1. The third-order valence-corrected chi connectivity index (χ3v) is 2.25. The van der Waals surface area contributed by atoms with E-state index >= 15 is 0 Å². The van der Waals surface area contributed by atoms with Crippen molar-refractivity contribution >= 4 is 11.7 Å². The first-order valence-electron chi connectivity index (χ1n) is 4.66. The Bertz CT molecular complexity index is 251. The van der Waals surface area contributed by atoms with E-state index in [4.69, 9.17) is 15.7 Å². The van der Waals surface area contributed by atoms with Crippen LogP contribution in [0.3, 0.4) is 0 Å². The van der Waals surface area contributed by atoms with Crippen molar-refractivity contribution in [3.05, 3.63) is 0 Å². The number of hydrogen-bond acceptors (Lipinski definition) is 4. The zero-order valence-corrected chi connectivity index (χ0v) is 9.57. The highest BCUT2D eigenvalue weighted by Gasteiger charge is 2.27. The van der Waals surface area contributed by atoms with E-state index in [1.807, 2.05) is 0 Å². The molecule has 0 aromatic heterocycles. The van der Waals surface area contributed by atoms with Gasteiger partial charge in [-0.15, -0.1) is 0 Å². The maximum atomic E-state index is 11.5. The number of rotatable bonds is 5. The Balaban J connectivity index is 4.13. The van der Waals surface area contributed by atoms with Gasteiger partial charge in [0.1, 0.15) is 11.4 Å². The fourth-order valence-electron chi connectivity index (χ4n) is 0.754. The molecule has 0 saturated heterocycles. The van der Waals surface area contributed by atoms with E-state index in [0.29, 0.717) is 6.54 Å². The summed E-state index contributed by atoms with van der Waals surface area (Å²) in [6, 6.07) is 0. The summed E-state index contributed by atoms with van der Waals surface area (Å²) in [6.07, 6.45) is 0. The lowest BCUT2D eigenvalue weighted by atomic mass is 10.1. The second-order valence-corrected chi connectivity index (χ2v) is 3.85. The minimum Gasteiger partial charge on any atom is -0.409 e. The highest BCUT2D eigenvalue weighted by Crippen LogP contribution is 2.07. The van der Waals surface area contributed by atoms with E-state index in [9.17, 15) is 4.79 Å². The molecule has 0 aromatic rings. The molecule has 4 N–H and O–H groups in total. The van der Waals surface area contributed by atoms with Gasteiger partial charge in [-0.1, -0.05) is 12.1 Å². The maximum absolute atomic E-state index is 11.5. The summed E-state index contributed by atoms with van der Waals surface area (Å²) in [4.78, 5) is 11.5. The lowest BCUT2D eigenvalue weighted by molar-refractivity contribution is -0.139. The van der Waals surface area contributed by atoms with Crippen molar-refractivity contribution < 1.29 is 14.7 Å². The molecule has 0 aromatic carbocycles. The molecule has 15 heavy (non-hydrogen) atoms. The van der Waals surface area contributed by atoms with Crippen LogP contribution in [0.4, 0.5) is 0 Å². The predicted molar refractivity (Wildman–Crippen MR) is 56.7 cm³/mol. The number of amides is 1. The first-order chi connectivity index (χ1) is 6.85. The van der Waals surface area contributed by atoms with Crippen LogP contribution in [0, 0.1) is 5.92 Å². The van der Waals surface area contributed by atoms with Gasteiger partial charge in [0.2, 0.25) is 0 Å². The molecule has 0 aliphatic carbocycles. The second-order valence-electron chi connectivity index (χ2n) is 3.85. The minimum atomic E-state index is -0.870. The van der Waals surface area contributed by atoms with Crippen LogP contribution in [0.1, 0.15) is 20.8 Å². The Morgan fingerprint density at radius 2 is 2.20 bits per heavy atom. The molecule has 88 valence electrons. The SMILES string of the molecule is COC(C)(C)C(=O)NCC(C)C(N)=NO. The Morgan fingerprint density at radius 3 is 2.60 bits per heavy atom. The summed E-state index contributed by atoms with van der Waals surface area (Å²) in [5.74, 6) is -0.361. The van der Waals surface area contributed by atoms with Gasteiger partial charge in [-0.3, -0.25) is 4.79 Å². The summed E-state index contributed by atoms with van der Waals surface area (Å²) in [5, 5.41) is 13.9. The zero-order chi connectivity index (χ0) is 12.1. The van der Waals surface area contributed by atoms with E-state index in [1.165, 1.54) is 7.11 Å². The second kappa shape index (κ2) is 5.55. The molecule has 0 saturated carbocycles. The monoisotopic (exact) mass is 217 g/mol. The lowest BCUT2D eigenvalue weighted by Gasteiger charge is -2.22. The third kappa shape index (κ3) is 4.16. The highest BCUT2D eigenvalue weighted by molar-refractivity contribution is 5.86. The van der Waals surface area contributed by atoms with Gasteiger partial charge < -0.3 is 21.0 Å². The van der Waals surface area contributed by atoms with Gasteiger partial charge in [-0.25, -0.2) is 0 Å². The number of amidine groups is 1. The first-order valence-corrected chi connectivity index (χ1v) is 4.66. The molecule has 0 radical (unpaired) electrons. The molecule has 1 unspecified atom stereocenters. The standard InChI is InChI=1S/C9H19N3O3/c1-6(7(10)12-14)5-11-8(13)9(2,3)15-4/h6,14H,5H2,1-4H3,(H2,10,12)(H,11,13). The van der Waals surface area contributed by atoms with Crippen LogP contribution < -0.4 is 11.1 Å². The Labute approximate surface area is 89.5 Å². The van der Waals surface area contributed by atoms with Crippen LogP contribution in [0.25, 0.3) is 0 Å². The van der Waals surface area contributed by atoms with Crippen LogP contribution >= 0.6 is 0 Å². The van der Waals surface area contributed by atoms with Crippen molar-refractivity contribution in [2.75, 3.05) is 13.7 Å². The number of carbonyl (C=O) groups is 1. The molecule has 0 fully saturated rings. The normalized spacial score (nSPS) is 14.8. The molecule has 0 aliphatic rings. The zero-order valence-electron chi connectivity index (χ0n) is 9.57. The van der Waals surface area contributed by atoms with E-state index < -0.39 is 5.60 Å². The average molecular weight is 217 g/mol. The largest absolute Gasteiger partial charge is 0.409 e. The molecule has 0 rings (SSSR count). The van der Waals surface area contributed by atoms with Gasteiger partial charge >= 0.3 is 0 Å². The van der Waals surface area contributed by atoms with Crippen molar-refractivity contribution in [3.63, 3.8) is 0 Å². The minimum absolute atomic E-state index is 0.0884. The third-order valence-electron chi connectivity index (χ3n) is 2.25. The van der Waals surface area contributed by atoms with Crippen molar-refractivity contribution in [1.82, 2.24) is 5.32 Å². The number of hydrogen-bond donors (Lipinski definition) is 3. The van der Waals surface area contributed by atoms with Crippen LogP contribution in [-0.2, 0) is 9.53 Å². The van der Waals surface area contributed by atoms with E-state index in [1.54, 1.807) is 20.8 Å². The topological polar surface area (TPSA) is 96.9 Å². The van der Waals surface area contributed by atoms with E-state index in [2.05, 4.69) is 10.5 Å². The molecule has 6 heteroatoms. The fraction of sp³-hybridized carbons (Fsp3) is 0.778. The van der Waals surface area contributed by atoms with Gasteiger partial charge in [-0.05, 0) is 13.8 Å². The summed E-state index contributed by atoms with van der Waals surface area (Å²) >= 11 is 0. The number of nitrogens with two attached hydrogens (primary N) is 1. The smallest absolute Gasteiger partial charge is 0.251 e. The number of nitrogens with one attached hydrogen (secondary N) is 1. The average Bonchev–Trinajstić information content (AvgIpc) is 2.23. The fourth-order valence-corrected chi connectivity index (χ4v) is 0.754. The predicted octanol–water partition coefficient (Wildman–Crippen LogP) is -0.0899. The van der Waals surface area contributed by atoms with E-state index in [-0.39, 0.29) is 17.7 Å². The molecular formula is C9H19N3O3. The van der Waals surface area contributed by atoms with Crippen LogP contribution in [0.5, 0.6) is 0 Å². The molecule has 1 amide bonds. The van der Waals surface area contributed by atoms with E-state index in [0.717, 1.165) is 0 Å². The number of nitrogens with zero attached hydrogens (tertiary/aromatic N) is 1. The summed E-state index contributed by atoms with van der Waals surface area (Å²) in [5.41, 5.74) is 4.49.